The zero-order valence-corrected chi connectivity index (χ0v) is 16.3. The van der Waals surface area contributed by atoms with E-state index in [9.17, 15) is 18.0 Å². The zero-order valence-electron chi connectivity index (χ0n) is 15.5. The van der Waals surface area contributed by atoms with Crippen molar-refractivity contribution in [1.82, 2.24) is 10.3 Å². The van der Waals surface area contributed by atoms with E-state index in [0.29, 0.717) is 11.1 Å². The largest absolute Gasteiger partial charge is 0.452 e. The number of carbonyl (C=O) groups excluding carboxylic acids is 2. The van der Waals surface area contributed by atoms with Crippen molar-refractivity contribution < 1.29 is 22.7 Å². The molecule has 0 radical (unpaired) electrons. The Morgan fingerprint density at radius 3 is 2.48 bits per heavy atom. The van der Waals surface area contributed by atoms with Crippen molar-refractivity contribution in [3.8, 4) is 0 Å². The molecule has 0 saturated carbocycles. The van der Waals surface area contributed by atoms with Crippen LogP contribution in [0.25, 0.3) is 10.9 Å². The number of fused-ring (bicyclic) bond motifs is 1. The Bertz CT molecular complexity index is 1150. The second-order valence-corrected chi connectivity index (χ2v) is 7.92. The number of nitrogens with zero attached hydrogens (tertiary/aromatic N) is 1. The number of ether oxygens (including phenoxy) is 1. The van der Waals surface area contributed by atoms with E-state index in [1.165, 1.54) is 12.1 Å². The molecule has 9 heteroatoms. The number of para-hydroxylation sites is 1. The van der Waals surface area contributed by atoms with Crippen LogP contribution in [0.4, 0.5) is 0 Å². The Morgan fingerprint density at radius 1 is 1.10 bits per heavy atom. The van der Waals surface area contributed by atoms with Crippen molar-refractivity contribution in [2.75, 3.05) is 6.61 Å². The van der Waals surface area contributed by atoms with E-state index in [2.05, 4.69) is 10.3 Å². The summed E-state index contributed by atoms with van der Waals surface area (Å²) in [5.41, 5.74) is 1.46. The molecule has 0 bridgehead atoms. The minimum Gasteiger partial charge on any atom is -0.452 e. The summed E-state index contributed by atoms with van der Waals surface area (Å²) in [7, 11) is -3.78. The maximum atomic E-state index is 12.3. The van der Waals surface area contributed by atoms with E-state index in [0.717, 1.165) is 5.39 Å². The van der Waals surface area contributed by atoms with Crippen molar-refractivity contribution in [3.05, 3.63) is 71.9 Å². The highest BCUT2D eigenvalue weighted by Gasteiger charge is 2.16. The van der Waals surface area contributed by atoms with Crippen LogP contribution in [0.15, 0.2) is 65.7 Å². The second kappa shape index (κ2) is 8.38. The molecule has 29 heavy (non-hydrogen) atoms. The molecule has 1 atom stereocenters. The molecule has 0 fully saturated rings. The van der Waals surface area contributed by atoms with Gasteiger partial charge in [-0.1, -0.05) is 30.3 Å². The number of nitrogens with one attached hydrogen (secondary N) is 1. The highest BCUT2D eigenvalue weighted by molar-refractivity contribution is 7.89. The van der Waals surface area contributed by atoms with E-state index in [1.54, 1.807) is 43.5 Å². The average molecular weight is 413 g/mol. The van der Waals surface area contributed by atoms with Crippen molar-refractivity contribution in [2.24, 2.45) is 5.14 Å². The third-order valence-corrected chi connectivity index (χ3v) is 5.20. The molecule has 3 rings (SSSR count). The average Bonchev–Trinajstić information content (AvgIpc) is 2.71. The van der Waals surface area contributed by atoms with Gasteiger partial charge in [0, 0.05) is 11.6 Å². The van der Waals surface area contributed by atoms with E-state index in [1.807, 2.05) is 12.1 Å². The molecule has 2 aromatic carbocycles. The van der Waals surface area contributed by atoms with E-state index < -0.39 is 34.5 Å². The van der Waals surface area contributed by atoms with Gasteiger partial charge in [-0.15, -0.1) is 0 Å². The van der Waals surface area contributed by atoms with Crippen molar-refractivity contribution >= 4 is 32.8 Å². The maximum Gasteiger partial charge on any atom is 0.340 e. The summed E-state index contributed by atoms with van der Waals surface area (Å²) in [6, 6.07) is 14.1. The first kappa shape index (κ1) is 20.4. The number of aromatic nitrogens is 1. The van der Waals surface area contributed by atoms with Gasteiger partial charge in [-0.2, -0.15) is 0 Å². The van der Waals surface area contributed by atoms with Gasteiger partial charge in [0.1, 0.15) is 0 Å². The molecule has 0 aliphatic carbocycles. The lowest BCUT2D eigenvalue weighted by molar-refractivity contribution is -0.124. The zero-order chi connectivity index (χ0) is 21.0. The van der Waals surface area contributed by atoms with Crippen LogP contribution in [-0.2, 0) is 19.6 Å². The normalized spacial score (nSPS) is 12.3. The summed E-state index contributed by atoms with van der Waals surface area (Å²) in [6.45, 7) is 1.27. The van der Waals surface area contributed by atoms with Gasteiger partial charge in [-0.25, -0.2) is 18.4 Å². The highest BCUT2D eigenvalue weighted by atomic mass is 32.2. The molecule has 1 amide bonds. The predicted molar refractivity (Wildman–Crippen MR) is 106 cm³/mol. The quantitative estimate of drug-likeness (QED) is 0.594. The number of nitrogens with two attached hydrogens (primary N) is 1. The number of benzene rings is 2. The van der Waals surface area contributed by atoms with Crippen molar-refractivity contribution in [2.45, 2.75) is 17.9 Å². The lowest BCUT2D eigenvalue weighted by Crippen LogP contribution is -2.31. The second-order valence-electron chi connectivity index (χ2n) is 6.36. The van der Waals surface area contributed by atoms with E-state index >= 15 is 0 Å². The lowest BCUT2D eigenvalue weighted by atomic mass is 10.1. The summed E-state index contributed by atoms with van der Waals surface area (Å²) in [5, 5.41) is 8.54. The maximum absolute atomic E-state index is 12.3. The first-order valence-corrected chi connectivity index (χ1v) is 10.2. The van der Waals surface area contributed by atoms with Crippen LogP contribution in [0.1, 0.15) is 28.9 Å². The van der Waals surface area contributed by atoms with Gasteiger partial charge in [-0.3, -0.25) is 9.78 Å². The lowest BCUT2D eigenvalue weighted by Gasteiger charge is -2.15. The monoisotopic (exact) mass is 413 g/mol. The first-order valence-electron chi connectivity index (χ1n) is 8.68. The molecule has 0 aliphatic heterocycles. The number of hydrogen-bond acceptors (Lipinski definition) is 6. The van der Waals surface area contributed by atoms with Crippen LogP contribution in [0, 0.1) is 0 Å². The summed E-state index contributed by atoms with van der Waals surface area (Å²) in [4.78, 5) is 28.6. The van der Waals surface area contributed by atoms with Gasteiger partial charge in [0.2, 0.25) is 10.0 Å². The third-order valence-electron chi connectivity index (χ3n) is 4.27. The van der Waals surface area contributed by atoms with Gasteiger partial charge in [-0.05, 0) is 36.8 Å². The van der Waals surface area contributed by atoms with Gasteiger partial charge in [0.05, 0.1) is 22.0 Å². The molecular formula is C20H19N3O5S. The Balaban J connectivity index is 1.60. The number of esters is 1. The van der Waals surface area contributed by atoms with Crippen molar-refractivity contribution in [3.63, 3.8) is 0 Å². The Hall–Kier alpha value is -3.30. The van der Waals surface area contributed by atoms with Crippen molar-refractivity contribution in [1.29, 1.82) is 0 Å². The summed E-state index contributed by atoms with van der Waals surface area (Å²) in [5.74, 6) is -1.14. The van der Waals surface area contributed by atoms with Crippen LogP contribution in [0.3, 0.4) is 0 Å². The number of sulfonamides is 1. The fourth-order valence-corrected chi connectivity index (χ4v) is 3.31. The highest BCUT2D eigenvalue weighted by Crippen LogP contribution is 2.17. The Labute approximate surface area is 167 Å². The molecule has 1 aromatic heterocycles. The summed E-state index contributed by atoms with van der Waals surface area (Å²) >= 11 is 0. The number of pyridine rings is 1. The Kier molecular flexibility index (Phi) is 5.90. The van der Waals surface area contributed by atoms with Crippen LogP contribution in [0.2, 0.25) is 0 Å². The van der Waals surface area contributed by atoms with E-state index in [4.69, 9.17) is 9.88 Å². The number of primary sulfonamides is 1. The van der Waals surface area contributed by atoms with Crippen LogP contribution >= 0.6 is 0 Å². The van der Waals surface area contributed by atoms with Crippen LogP contribution in [-0.4, -0.2) is 31.9 Å². The topological polar surface area (TPSA) is 128 Å². The fraction of sp³-hybridized carbons (Fsp3) is 0.150. The van der Waals surface area contributed by atoms with Gasteiger partial charge in [0.25, 0.3) is 5.91 Å². The SMILES string of the molecule is C[C@@H](NC(=O)COC(=O)c1cccc2cccnc12)c1ccc(S(N)(=O)=O)cc1. The molecular weight excluding hydrogens is 394 g/mol. The van der Waals surface area contributed by atoms with Crippen LogP contribution < -0.4 is 10.5 Å². The number of rotatable bonds is 6. The van der Waals surface area contributed by atoms with Gasteiger partial charge >= 0.3 is 5.97 Å². The molecule has 150 valence electrons. The standard InChI is InChI=1S/C20H19N3O5S/c1-13(14-7-9-16(10-8-14)29(21,26)27)23-18(24)12-28-20(25)17-6-2-4-15-5-3-11-22-19(15)17/h2-11,13H,12H2,1H3,(H,23,24)(H2,21,26,27)/t13-/m1/s1. The molecule has 0 unspecified atom stereocenters. The predicted octanol–water partition coefficient (Wildman–Crippen LogP) is 1.92. The van der Waals surface area contributed by atoms with Gasteiger partial charge < -0.3 is 10.1 Å². The smallest absolute Gasteiger partial charge is 0.340 e. The molecule has 8 nitrogen and oxygen atoms in total. The summed E-state index contributed by atoms with van der Waals surface area (Å²) in [6.07, 6.45) is 1.58. The number of amides is 1. The van der Waals surface area contributed by atoms with Gasteiger partial charge in [0.15, 0.2) is 6.61 Å². The molecule has 3 aromatic rings. The molecule has 0 saturated heterocycles. The number of carbonyl (C=O) groups is 2. The minimum absolute atomic E-state index is 0.0163. The molecule has 3 N–H and O–H groups in total. The summed E-state index contributed by atoms with van der Waals surface area (Å²) < 4.78 is 27.7. The number of hydrogen-bond donors (Lipinski definition) is 2. The van der Waals surface area contributed by atoms with Crippen LogP contribution in [0.5, 0.6) is 0 Å². The molecule has 1 heterocycles. The molecule has 0 spiro atoms. The first-order chi connectivity index (χ1) is 13.8. The Morgan fingerprint density at radius 2 is 1.79 bits per heavy atom. The van der Waals surface area contributed by atoms with E-state index in [-0.39, 0.29) is 10.5 Å². The third kappa shape index (κ3) is 4.95. The minimum atomic E-state index is -3.78. The fourth-order valence-electron chi connectivity index (χ4n) is 2.79. The molecule has 0 aliphatic rings.